The third-order valence-corrected chi connectivity index (χ3v) is 8.08. The number of piperidine rings is 1. The smallest absolute Gasteiger partial charge is 0.267 e. The molecule has 2 unspecified atom stereocenters. The lowest BCUT2D eigenvalue weighted by atomic mass is 9.94. The number of aromatic nitrogens is 1. The topological polar surface area (TPSA) is 82.3 Å². The van der Waals surface area contributed by atoms with Gasteiger partial charge in [0, 0.05) is 30.0 Å². The fourth-order valence-electron chi connectivity index (χ4n) is 4.85. The second-order valence-electron chi connectivity index (χ2n) is 9.01. The van der Waals surface area contributed by atoms with Crippen molar-refractivity contribution in [2.24, 2.45) is 11.8 Å². The maximum Gasteiger partial charge on any atom is 0.267 e. The van der Waals surface area contributed by atoms with Crippen LogP contribution in [-0.2, 0) is 10.0 Å². The zero-order valence-electron chi connectivity index (χ0n) is 17.3. The van der Waals surface area contributed by atoms with Crippen LogP contribution in [0.2, 0.25) is 0 Å². The van der Waals surface area contributed by atoms with E-state index >= 15 is 0 Å². The van der Waals surface area contributed by atoms with Crippen molar-refractivity contribution in [1.29, 1.82) is 0 Å². The van der Waals surface area contributed by atoms with E-state index < -0.39 is 10.0 Å². The third kappa shape index (κ3) is 4.36. The summed E-state index contributed by atoms with van der Waals surface area (Å²) in [5.74, 6) is 0.607. The van der Waals surface area contributed by atoms with E-state index in [2.05, 4.69) is 24.1 Å². The summed E-state index contributed by atoms with van der Waals surface area (Å²) >= 11 is 0. The molecule has 0 bridgehead atoms. The molecule has 0 spiro atoms. The molecule has 6 nitrogen and oxygen atoms in total. The average Bonchev–Trinajstić information content (AvgIpc) is 3.11. The van der Waals surface area contributed by atoms with Gasteiger partial charge >= 0.3 is 0 Å². The highest BCUT2D eigenvalue weighted by Gasteiger charge is 2.32. The first kappa shape index (κ1) is 20.4. The Labute approximate surface area is 173 Å². The third-order valence-electron chi connectivity index (χ3n) is 6.25. The Kier molecular flexibility index (Phi) is 5.71. The molecule has 2 aliphatic rings. The number of nitrogens with one attached hydrogen (secondary N) is 2. The Morgan fingerprint density at radius 3 is 2.45 bits per heavy atom. The van der Waals surface area contributed by atoms with Crippen LogP contribution in [0.3, 0.4) is 0 Å². The molecule has 4 rings (SSSR count). The molecule has 1 saturated heterocycles. The summed E-state index contributed by atoms with van der Waals surface area (Å²) in [6, 6.07) is 7.08. The number of carbonyl (C=O) groups excluding carboxylic acids is 1. The van der Waals surface area contributed by atoms with Crippen LogP contribution in [0, 0.1) is 11.8 Å². The van der Waals surface area contributed by atoms with E-state index in [1.54, 1.807) is 28.6 Å². The van der Waals surface area contributed by atoms with Crippen LogP contribution in [-0.4, -0.2) is 42.7 Å². The first-order valence-electron chi connectivity index (χ1n) is 10.8. The van der Waals surface area contributed by atoms with E-state index in [0.717, 1.165) is 43.0 Å². The first-order valence-corrected chi connectivity index (χ1v) is 12.2. The quantitative estimate of drug-likeness (QED) is 0.792. The number of carbonyl (C=O) groups is 1. The lowest BCUT2D eigenvalue weighted by Crippen LogP contribution is -2.42. The van der Waals surface area contributed by atoms with Gasteiger partial charge in [-0.25, -0.2) is 8.42 Å². The van der Waals surface area contributed by atoms with Gasteiger partial charge in [-0.1, -0.05) is 33.1 Å². The number of rotatable bonds is 4. The van der Waals surface area contributed by atoms with Crippen molar-refractivity contribution in [2.75, 3.05) is 13.1 Å². The number of hydrogen-bond acceptors (Lipinski definition) is 3. The molecule has 2 heterocycles. The number of fused-ring (bicyclic) bond motifs is 1. The van der Waals surface area contributed by atoms with Gasteiger partial charge < -0.3 is 10.3 Å². The number of sulfonamides is 1. The van der Waals surface area contributed by atoms with Crippen molar-refractivity contribution in [3.63, 3.8) is 0 Å². The number of benzene rings is 1. The molecule has 1 aromatic heterocycles. The highest BCUT2D eigenvalue weighted by atomic mass is 32.2. The number of nitrogens with zero attached hydrogens (tertiary/aromatic N) is 1. The van der Waals surface area contributed by atoms with Crippen LogP contribution >= 0.6 is 0 Å². The SMILES string of the molecule is CC1CC(C)CN(S(=O)(=O)c2ccc3[nH]c(C(=O)NC4CCCCC4)cc3c2)C1. The van der Waals surface area contributed by atoms with Gasteiger partial charge in [0.15, 0.2) is 0 Å². The zero-order valence-corrected chi connectivity index (χ0v) is 18.1. The summed E-state index contributed by atoms with van der Waals surface area (Å²) in [6.07, 6.45) is 6.67. The molecule has 7 heteroatoms. The number of hydrogen-bond donors (Lipinski definition) is 2. The number of H-pyrrole nitrogens is 1. The van der Waals surface area contributed by atoms with Crippen molar-refractivity contribution >= 4 is 26.8 Å². The van der Waals surface area contributed by atoms with Gasteiger partial charge in [0.2, 0.25) is 10.0 Å². The van der Waals surface area contributed by atoms with Crippen molar-refractivity contribution in [3.8, 4) is 0 Å². The van der Waals surface area contributed by atoms with E-state index in [4.69, 9.17) is 0 Å². The molecule has 1 aromatic carbocycles. The molecule has 1 aliphatic carbocycles. The molecule has 1 saturated carbocycles. The normalized spacial score (nSPS) is 24.6. The molecule has 1 aliphatic heterocycles. The summed E-state index contributed by atoms with van der Waals surface area (Å²) < 4.78 is 27.9. The highest BCUT2D eigenvalue weighted by Crippen LogP contribution is 2.28. The predicted molar refractivity (Wildman–Crippen MR) is 114 cm³/mol. The van der Waals surface area contributed by atoms with Crippen LogP contribution in [0.15, 0.2) is 29.2 Å². The monoisotopic (exact) mass is 417 g/mol. The molecule has 1 amide bonds. The largest absolute Gasteiger partial charge is 0.351 e. The van der Waals surface area contributed by atoms with Crippen LogP contribution in [0.4, 0.5) is 0 Å². The standard InChI is InChI=1S/C22H31N3O3S/c1-15-10-16(2)14-25(13-15)29(27,28)19-8-9-20-17(11-19)12-21(24-20)22(26)23-18-6-4-3-5-7-18/h8-9,11-12,15-16,18,24H,3-7,10,13-14H2,1-2H3,(H,23,26). The summed E-state index contributed by atoms with van der Waals surface area (Å²) in [7, 11) is -3.53. The van der Waals surface area contributed by atoms with Crippen molar-refractivity contribution in [2.45, 2.75) is 63.3 Å². The van der Waals surface area contributed by atoms with E-state index in [-0.39, 0.29) is 11.9 Å². The second kappa shape index (κ2) is 8.11. The van der Waals surface area contributed by atoms with E-state index in [9.17, 15) is 13.2 Å². The predicted octanol–water partition coefficient (Wildman–Crippen LogP) is 3.90. The zero-order chi connectivity index (χ0) is 20.6. The lowest BCUT2D eigenvalue weighted by Gasteiger charge is -2.34. The minimum absolute atomic E-state index is 0.115. The molecule has 2 fully saturated rings. The summed E-state index contributed by atoms with van der Waals surface area (Å²) in [6.45, 7) is 5.33. The maximum atomic E-state index is 13.2. The molecule has 29 heavy (non-hydrogen) atoms. The van der Waals surface area contributed by atoms with Crippen molar-refractivity contribution in [3.05, 3.63) is 30.0 Å². The first-order chi connectivity index (χ1) is 13.8. The molecule has 2 atom stereocenters. The lowest BCUT2D eigenvalue weighted by molar-refractivity contribution is 0.0923. The molecular weight excluding hydrogens is 386 g/mol. The van der Waals surface area contributed by atoms with Gasteiger partial charge in [-0.2, -0.15) is 4.31 Å². The Morgan fingerprint density at radius 1 is 1.07 bits per heavy atom. The number of amides is 1. The van der Waals surface area contributed by atoms with E-state index in [1.807, 2.05) is 0 Å². The van der Waals surface area contributed by atoms with Crippen LogP contribution in [0.5, 0.6) is 0 Å². The molecule has 2 N–H and O–H groups in total. The Morgan fingerprint density at radius 2 is 1.76 bits per heavy atom. The van der Waals surface area contributed by atoms with Gasteiger partial charge in [0.25, 0.3) is 5.91 Å². The maximum absolute atomic E-state index is 13.2. The highest BCUT2D eigenvalue weighted by molar-refractivity contribution is 7.89. The van der Waals surface area contributed by atoms with Crippen molar-refractivity contribution in [1.82, 2.24) is 14.6 Å². The van der Waals surface area contributed by atoms with Gasteiger partial charge in [-0.15, -0.1) is 0 Å². The van der Waals surface area contributed by atoms with Crippen LogP contribution in [0.1, 0.15) is 62.9 Å². The van der Waals surface area contributed by atoms with Gasteiger partial charge in [-0.3, -0.25) is 4.79 Å². The fourth-order valence-corrected chi connectivity index (χ4v) is 6.57. The Bertz CT molecular complexity index is 982. The van der Waals surface area contributed by atoms with Crippen LogP contribution in [0.25, 0.3) is 10.9 Å². The van der Waals surface area contributed by atoms with Gasteiger partial charge in [-0.05, 0) is 55.4 Å². The Balaban J connectivity index is 1.55. The van der Waals surface area contributed by atoms with Crippen LogP contribution < -0.4 is 5.32 Å². The average molecular weight is 418 g/mol. The van der Waals surface area contributed by atoms with E-state index in [0.29, 0.717) is 35.5 Å². The van der Waals surface area contributed by atoms with Crippen molar-refractivity contribution < 1.29 is 13.2 Å². The summed E-state index contributed by atoms with van der Waals surface area (Å²) in [5.41, 5.74) is 1.26. The Hall–Kier alpha value is -1.86. The summed E-state index contributed by atoms with van der Waals surface area (Å²) in [5, 5.41) is 3.85. The molecular formula is C22H31N3O3S. The molecule has 2 aromatic rings. The van der Waals surface area contributed by atoms with Gasteiger partial charge in [0.05, 0.1) is 4.90 Å². The van der Waals surface area contributed by atoms with Gasteiger partial charge in [0.1, 0.15) is 5.69 Å². The summed E-state index contributed by atoms with van der Waals surface area (Å²) in [4.78, 5) is 16.0. The van der Waals surface area contributed by atoms with E-state index in [1.165, 1.54) is 6.42 Å². The molecule has 158 valence electrons. The minimum atomic E-state index is -3.53. The fraction of sp³-hybridized carbons (Fsp3) is 0.591. The second-order valence-corrected chi connectivity index (χ2v) is 10.9. The number of aromatic amines is 1. The molecule has 0 radical (unpaired) electrons. The minimum Gasteiger partial charge on any atom is -0.351 e.